The topological polar surface area (TPSA) is 73.9 Å². The SMILES string of the molecule is C=C(C)C(=O)OCC1CC2CC1C(C#N)C2C#N. The van der Waals surface area contributed by atoms with Crippen LogP contribution in [0.15, 0.2) is 12.2 Å². The van der Waals surface area contributed by atoms with E-state index in [9.17, 15) is 4.79 Å². The van der Waals surface area contributed by atoms with Gasteiger partial charge in [0, 0.05) is 5.57 Å². The molecule has 0 heterocycles. The highest BCUT2D eigenvalue weighted by atomic mass is 16.5. The molecule has 2 rings (SSSR count). The van der Waals surface area contributed by atoms with Crippen molar-refractivity contribution in [3.8, 4) is 12.1 Å². The maximum Gasteiger partial charge on any atom is 0.333 e. The molecular weight excluding hydrogens is 228 g/mol. The van der Waals surface area contributed by atoms with Crippen molar-refractivity contribution in [3.05, 3.63) is 12.2 Å². The summed E-state index contributed by atoms with van der Waals surface area (Å²) in [4.78, 5) is 11.3. The zero-order chi connectivity index (χ0) is 13.3. The maximum absolute atomic E-state index is 11.3. The Morgan fingerprint density at radius 1 is 1.33 bits per heavy atom. The second kappa shape index (κ2) is 4.82. The molecule has 5 unspecified atom stereocenters. The third kappa shape index (κ3) is 1.99. The summed E-state index contributed by atoms with van der Waals surface area (Å²) < 4.78 is 5.17. The largest absolute Gasteiger partial charge is 0.462 e. The Bertz CT molecular complexity index is 457. The first-order valence-corrected chi connectivity index (χ1v) is 6.20. The van der Waals surface area contributed by atoms with E-state index in [1.807, 2.05) is 0 Å². The smallest absolute Gasteiger partial charge is 0.333 e. The predicted molar refractivity (Wildman–Crippen MR) is 63.7 cm³/mol. The maximum atomic E-state index is 11.3. The number of nitrogens with zero attached hydrogens (tertiary/aromatic N) is 2. The first-order chi connectivity index (χ1) is 8.58. The molecule has 94 valence electrons. The van der Waals surface area contributed by atoms with Gasteiger partial charge in [0.05, 0.1) is 30.6 Å². The molecule has 4 heteroatoms. The summed E-state index contributed by atoms with van der Waals surface area (Å²) in [5.41, 5.74) is 0.393. The number of hydrogen-bond acceptors (Lipinski definition) is 4. The molecule has 0 amide bonds. The van der Waals surface area contributed by atoms with Crippen molar-refractivity contribution in [3.63, 3.8) is 0 Å². The van der Waals surface area contributed by atoms with Crippen molar-refractivity contribution in [2.75, 3.05) is 6.61 Å². The Morgan fingerprint density at radius 3 is 2.56 bits per heavy atom. The Morgan fingerprint density at radius 2 is 2.00 bits per heavy atom. The summed E-state index contributed by atoms with van der Waals surface area (Å²) in [6, 6.07) is 4.51. The summed E-state index contributed by atoms with van der Waals surface area (Å²) >= 11 is 0. The number of nitriles is 2. The van der Waals surface area contributed by atoms with Gasteiger partial charge in [0.25, 0.3) is 0 Å². The van der Waals surface area contributed by atoms with E-state index in [1.54, 1.807) is 6.92 Å². The first-order valence-electron chi connectivity index (χ1n) is 6.20. The van der Waals surface area contributed by atoms with Crippen molar-refractivity contribution in [2.45, 2.75) is 19.8 Å². The van der Waals surface area contributed by atoms with E-state index in [0.29, 0.717) is 18.1 Å². The average molecular weight is 244 g/mol. The molecule has 2 aliphatic rings. The van der Waals surface area contributed by atoms with Gasteiger partial charge in [0.15, 0.2) is 0 Å². The Balaban J connectivity index is 1.96. The van der Waals surface area contributed by atoms with Gasteiger partial charge in [0.2, 0.25) is 0 Å². The van der Waals surface area contributed by atoms with Gasteiger partial charge in [-0.2, -0.15) is 10.5 Å². The van der Waals surface area contributed by atoms with Crippen molar-refractivity contribution >= 4 is 5.97 Å². The lowest BCUT2D eigenvalue weighted by molar-refractivity contribution is -0.141. The van der Waals surface area contributed by atoms with Gasteiger partial charge >= 0.3 is 5.97 Å². The molecule has 2 bridgehead atoms. The van der Waals surface area contributed by atoms with Crippen LogP contribution in [-0.2, 0) is 9.53 Å². The van der Waals surface area contributed by atoms with Crippen LogP contribution in [0.3, 0.4) is 0 Å². The highest BCUT2D eigenvalue weighted by Crippen LogP contribution is 2.54. The summed E-state index contributed by atoms with van der Waals surface area (Å²) in [5.74, 6) is 0.0480. The number of carbonyl (C=O) groups excluding carboxylic acids is 1. The number of rotatable bonds is 3. The predicted octanol–water partition coefficient (Wildman–Crippen LogP) is 2.04. The molecule has 0 aromatic carbocycles. The van der Waals surface area contributed by atoms with E-state index < -0.39 is 0 Å². The Labute approximate surface area is 107 Å². The van der Waals surface area contributed by atoms with Gasteiger partial charge in [-0.05, 0) is 37.5 Å². The molecule has 4 nitrogen and oxygen atoms in total. The van der Waals surface area contributed by atoms with E-state index in [0.717, 1.165) is 12.8 Å². The molecule has 0 aliphatic heterocycles. The number of hydrogen-bond donors (Lipinski definition) is 0. The number of ether oxygens (including phenoxy) is 1. The van der Waals surface area contributed by atoms with Crippen LogP contribution >= 0.6 is 0 Å². The Kier molecular flexibility index (Phi) is 3.39. The van der Waals surface area contributed by atoms with Crippen LogP contribution < -0.4 is 0 Å². The molecule has 2 aliphatic carbocycles. The summed E-state index contributed by atoms with van der Waals surface area (Å²) in [7, 11) is 0. The lowest BCUT2D eigenvalue weighted by atomic mass is 9.75. The third-order valence-electron chi connectivity index (χ3n) is 4.22. The molecule has 0 N–H and O–H groups in total. The van der Waals surface area contributed by atoms with E-state index in [1.165, 1.54) is 0 Å². The van der Waals surface area contributed by atoms with Gasteiger partial charge in [-0.1, -0.05) is 6.58 Å². The van der Waals surface area contributed by atoms with Crippen LogP contribution in [0.5, 0.6) is 0 Å². The van der Waals surface area contributed by atoms with Gasteiger partial charge in [-0.25, -0.2) is 4.79 Å². The van der Waals surface area contributed by atoms with Gasteiger partial charge in [-0.3, -0.25) is 0 Å². The minimum atomic E-state index is -0.372. The van der Waals surface area contributed by atoms with Crippen LogP contribution in [0.25, 0.3) is 0 Å². The number of carbonyl (C=O) groups is 1. The van der Waals surface area contributed by atoms with Gasteiger partial charge in [0.1, 0.15) is 0 Å². The Hall–Kier alpha value is -1.81. The monoisotopic (exact) mass is 244 g/mol. The van der Waals surface area contributed by atoms with Crippen molar-refractivity contribution in [1.29, 1.82) is 10.5 Å². The van der Waals surface area contributed by atoms with Crippen LogP contribution in [0.1, 0.15) is 19.8 Å². The highest BCUT2D eigenvalue weighted by Gasteiger charge is 2.53. The normalized spacial score (nSPS) is 36.7. The first kappa shape index (κ1) is 12.6. The molecule has 0 spiro atoms. The molecule has 0 aromatic rings. The molecule has 2 saturated carbocycles. The zero-order valence-electron chi connectivity index (χ0n) is 10.4. The third-order valence-corrected chi connectivity index (χ3v) is 4.22. The van der Waals surface area contributed by atoms with Gasteiger partial charge in [-0.15, -0.1) is 0 Å². The van der Waals surface area contributed by atoms with Crippen LogP contribution in [0.4, 0.5) is 0 Å². The van der Waals surface area contributed by atoms with Gasteiger partial charge < -0.3 is 4.74 Å². The minimum absolute atomic E-state index is 0.131. The summed E-state index contributed by atoms with van der Waals surface area (Å²) in [6.07, 6.45) is 1.82. The molecule has 2 fully saturated rings. The second-order valence-electron chi connectivity index (χ2n) is 5.34. The lowest BCUT2D eigenvalue weighted by Gasteiger charge is -2.28. The van der Waals surface area contributed by atoms with Crippen molar-refractivity contribution < 1.29 is 9.53 Å². The van der Waals surface area contributed by atoms with Crippen molar-refractivity contribution in [1.82, 2.24) is 0 Å². The lowest BCUT2D eigenvalue weighted by Crippen LogP contribution is -2.29. The van der Waals surface area contributed by atoms with E-state index in [2.05, 4.69) is 18.7 Å². The highest BCUT2D eigenvalue weighted by molar-refractivity contribution is 5.86. The molecule has 0 saturated heterocycles. The molecule has 0 radical (unpaired) electrons. The number of fused-ring (bicyclic) bond motifs is 2. The summed E-state index contributed by atoms with van der Waals surface area (Å²) in [5, 5.41) is 18.2. The fourth-order valence-electron chi connectivity index (χ4n) is 3.35. The quantitative estimate of drug-likeness (QED) is 0.562. The second-order valence-corrected chi connectivity index (χ2v) is 5.34. The fraction of sp³-hybridized carbons (Fsp3) is 0.643. The molecule has 18 heavy (non-hydrogen) atoms. The standard InChI is InChI=1S/C14H16N2O2/c1-8(2)14(17)18-7-10-3-9-4-11(10)13(6-16)12(9)5-15/h9-13H,1,3-4,7H2,2H3. The van der Waals surface area contributed by atoms with E-state index >= 15 is 0 Å². The summed E-state index contributed by atoms with van der Waals surface area (Å²) in [6.45, 7) is 5.50. The zero-order valence-corrected chi connectivity index (χ0v) is 10.4. The van der Waals surface area contributed by atoms with Crippen LogP contribution in [0, 0.1) is 52.3 Å². The van der Waals surface area contributed by atoms with Crippen LogP contribution in [0.2, 0.25) is 0 Å². The van der Waals surface area contributed by atoms with E-state index in [-0.39, 0.29) is 29.6 Å². The van der Waals surface area contributed by atoms with E-state index in [4.69, 9.17) is 15.3 Å². The minimum Gasteiger partial charge on any atom is -0.462 e. The fourth-order valence-corrected chi connectivity index (χ4v) is 3.35. The van der Waals surface area contributed by atoms with Crippen LogP contribution in [-0.4, -0.2) is 12.6 Å². The average Bonchev–Trinajstić information content (AvgIpc) is 2.91. The molecule has 0 aromatic heterocycles. The van der Waals surface area contributed by atoms with Crippen molar-refractivity contribution in [2.24, 2.45) is 29.6 Å². The molecule has 5 atom stereocenters. The number of esters is 1. The molecular formula is C14H16N2O2.